The van der Waals surface area contributed by atoms with Crippen LogP contribution in [0.5, 0.6) is 11.5 Å². The molecule has 9 heteroatoms. The van der Waals surface area contributed by atoms with Crippen molar-refractivity contribution in [2.45, 2.75) is 11.3 Å². The molecule has 0 atom stereocenters. The van der Waals surface area contributed by atoms with E-state index >= 15 is 0 Å². The number of hydrogen-bond acceptors (Lipinski definition) is 6. The first-order valence-electron chi connectivity index (χ1n) is 10.6. The number of benzene rings is 3. The van der Waals surface area contributed by atoms with Gasteiger partial charge in [-0.3, -0.25) is 9.52 Å². The first-order chi connectivity index (χ1) is 16.0. The van der Waals surface area contributed by atoms with E-state index in [1.807, 2.05) is 30.3 Å². The quantitative estimate of drug-likeness (QED) is 0.416. The van der Waals surface area contributed by atoms with E-state index < -0.39 is 10.0 Å². The van der Waals surface area contributed by atoms with E-state index in [9.17, 15) is 13.2 Å². The molecule has 1 aliphatic heterocycles. The summed E-state index contributed by atoms with van der Waals surface area (Å²) in [5.41, 5.74) is 1.85. The number of rotatable bonds is 9. The summed E-state index contributed by atoms with van der Waals surface area (Å²) in [7, 11) is -3.82. The molecule has 172 valence electrons. The second-order valence-electron chi connectivity index (χ2n) is 7.39. The number of carbonyl (C=O) groups excluding carboxylic acids is 1. The number of ether oxygens (including phenoxy) is 2. The fraction of sp³-hybridized carbons (Fsp3) is 0.208. The van der Waals surface area contributed by atoms with Gasteiger partial charge in [0.05, 0.1) is 4.90 Å². The van der Waals surface area contributed by atoms with Gasteiger partial charge < -0.3 is 20.1 Å². The smallest absolute Gasteiger partial charge is 0.262 e. The summed E-state index contributed by atoms with van der Waals surface area (Å²) < 4.78 is 38.8. The zero-order valence-corrected chi connectivity index (χ0v) is 18.7. The van der Waals surface area contributed by atoms with E-state index in [2.05, 4.69) is 15.4 Å². The van der Waals surface area contributed by atoms with E-state index in [1.54, 1.807) is 30.3 Å². The van der Waals surface area contributed by atoms with Crippen LogP contribution in [0.2, 0.25) is 0 Å². The minimum absolute atomic E-state index is 0.0673. The van der Waals surface area contributed by atoms with Crippen LogP contribution in [0, 0.1) is 0 Å². The predicted molar refractivity (Wildman–Crippen MR) is 127 cm³/mol. The van der Waals surface area contributed by atoms with Crippen LogP contribution < -0.4 is 24.8 Å². The van der Waals surface area contributed by atoms with Crippen molar-refractivity contribution in [3.05, 3.63) is 78.4 Å². The van der Waals surface area contributed by atoms with Crippen LogP contribution in [0.3, 0.4) is 0 Å². The van der Waals surface area contributed by atoms with Gasteiger partial charge in [0.2, 0.25) is 0 Å². The van der Waals surface area contributed by atoms with Crippen LogP contribution in [0.4, 0.5) is 11.4 Å². The molecule has 1 heterocycles. The average molecular weight is 468 g/mol. The van der Waals surface area contributed by atoms with Crippen LogP contribution in [0.1, 0.15) is 16.8 Å². The molecule has 3 aromatic carbocycles. The van der Waals surface area contributed by atoms with Gasteiger partial charge in [0.15, 0.2) is 11.5 Å². The Bertz CT molecular complexity index is 1200. The second kappa shape index (κ2) is 10.3. The number of para-hydroxylation sites is 1. The summed E-state index contributed by atoms with van der Waals surface area (Å²) in [4.78, 5) is 12.4. The van der Waals surface area contributed by atoms with Gasteiger partial charge in [0.25, 0.3) is 15.9 Å². The molecule has 4 rings (SSSR count). The molecule has 0 bridgehead atoms. The Morgan fingerprint density at radius 1 is 0.818 bits per heavy atom. The lowest BCUT2D eigenvalue weighted by Gasteiger charge is -2.19. The Morgan fingerprint density at radius 3 is 2.30 bits per heavy atom. The van der Waals surface area contributed by atoms with Gasteiger partial charge in [-0.1, -0.05) is 18.2 Å². The molecule has 0 saturated carbocycles. The highest BCUT2D eigenvalue weighted by molar-refractivity contribution is 7.92. The molecule has 3 N–H and O–H groups in total. The lowest BCUT2D eigenvalue weighted by molar-refractivity contribution is 0.0953. The predicted octanol–water partition coefficient (Wildman–Crippen LogP) is 3.49. The van der Waals surface area contributed by atoms with Crippen LogP contribution in [-0.4, -0.2) is 40.6 Å². The van der Waals surface area contributed by atoms with Gasteiger partial charge in [0, 0.05) is 36.1 Å². The third-order valence-electron chi connectivity index (χ3n) is 4.97. The van der Waals surface area contributed by atoms with E-state index in [0.29, 0.717) is 42.5 Å². The van der Waals surface area contributed by atoms with Gasteiger partial charge >= 0.3 is 0 Å². The number of hydrogen-bond donors (Lipinski definition) is 3. The first kappa shape index (κ1) is 22.5. The Labute approximate surface area is 193 Å². The maximum atomic E-state index is 12.7. The molecule has 0 radical (unpaired) electrons. The standard InChI is InChI=1S/C24H25N3O5S/c28-24(26-14-4-13-25-19-5-2-1-3-6-19)18-7-9-20(10-8-18)27-33(29,30)21-11-12-22-23(17-21)32-16-15-31-22/h1-3,5-12,17,25,27H,4,13-16H2,(H,26,28). The van der Waals surface area contributed by atoms with Gasteiger partial charge in [-0.05, 0) is 55.0 Å². The minimum atomic E-state index is -3.82. The summed E-state index contributed by atoms with van der Waals surface area (Å²) in [5.74, 6) is 0.706. The zero-order valence-electron chi connectivity index (χ0n) is 17.9. The van der Waals surface area contributed by atoms with Gasteiger partial charge in [0.1, 0.15) is 13.2 Å². The van der Waals surface area contributed by atoms with Crippen LogP contribution in [-0.2, 0) is 10.0 Å². The maximum Gasteiger partial charge on any atom is 0.262 e. The Hall–Kier alpha value is -3.72. The Morgan fingerprint density at radius 2 is 1.55 bits per heavy atom. The summed E-state index contributed by atoms with van der Waals surface area (Å²) >= 11 is 0. The third-order valence-corrected chi connectivity index (χ3v) is 6.34. The highest BCUT2D eigenvalue weighted by Gasteiger charge is 2.19. The molecule has 3 aromatic rings. The average Bonchev–Trinajstić information content (AvgIpc) is 2.84. The maximum absolute atomic E-state index is 12.7. The van der Waals surface area contributed by atoms with E-state index in [4.69, 9.17) is 9.47 Å². The lowest BCUT2D eigenvalue weighted by atomic mass is 10.2. The highest BCUT2D eigenvalue weighted by Crippen LogP contribution is 2.32. The fourth-order valence-corrected chi connectivity index (χ4v) is 4.35. The summed E-state index contributed by atoms with van der Waals surface area (Å²) in [6.45, 7) is 2.07. The normalized spacial score (nSPS) is 12.6. The molecule has 0 unspecified atom stereocenters. The van der Waals surface area contributed by atoms with Crippen molar-refractivity contribution in [2.75, 3.05) is 36.3 Å². The SMILES string of the molecule is O=C(NCCCNc1ccccc1)c1ccc(NS(=O)(=O)c2ccc3c(c2)OCCO3)cc1. The number of nitrogens with one attached hydrogen (secondary N) is 3. The van der Waals surface area contributed by atoms with Crippen molar-refractivity contribution in [1.82, 2.24) is 5.32 Å². The molecule has 0 saturated heterocycles. The van der Waals surface area contributed by atoms with E-state index in [0.717, 1.165) is 18.7 Å². The highest BCUT2D eigenvalue weighted by atomic mass is 32.2. The molecule has 0 aliphatic carbocycles. The van der Waals surface area contributed by atoms with Crippen molar-refractivity contribution in [2.24, 2.45) is 0 Å². The number of carbonyl (C=O) groups is 1. The Kier molecular flexibility index (Phi) is 6.99. The molecule has 1 amide bonds. The largest absolute Gasteiger partial charge is 0.486 e. The van der Waals surface area contributed by atoms with E-state index in [1.165, 1.54) is 12.1 Å². The molecular formula is C24H25N3O5S. The Balaban J connectivity index is 1.28. The molecule has 0 aromatic heterocycles. The van der Waals surface area contributed by atoms with Gasteiger partial charge in [-0.15, -0.1) is 0 Å². The van der Waals surface area contributed by atoms with Crippen LogP contribution in [0.15, 0.2) is 77.7 Å². The fourth-order valence-electron chi connectivity index (χ4n) is 3.28. The summed E-state index contributed by atoms with van der Waals surface area (Å²) in [6.07, 6.45) is 0.772. The summed E-state index contributed by atoms with van der Waals surface area (Å²) in [6, 6.07) is 20.6. The molecule has 8 nitrogen and oxygen atoms in total. The van der Waals surface area contributed by atoms with Gasteiger partial charge in [-0.25, -0.2) is 8.42 Å². The molecular weight excluding hydrogens is 442 g/mol. The number of anilines is 2. The topological polar surface area (TPSA) is 106 Å². The number of sulfonamides is 1. The second-order valence-corrected chi connectivity index (χ2v) is 9.07. The number of fused-ring (bicyclic) bond motifs is 1. The van der Waals surface area contributed by atoms with Crippen molar-refractivity contribution in [3.8, 4) is 11.5 Å². The molecule has 0 spiro atoms. The number of amides is 1. The van der Waals surface area contributed by atoms with Crippen molar-refractivity contribution in [1.29, 1.82) is 0 Å². The van der Waals surface area contributed by atoms with Crippen LogP contribution >= 0.6 is 0 Å². The van der Waals surface area contributed by atoms with E-state index in [-0.39, 0.29) is 10.8 Å². The first-order valence-corrected chi connectivity index (χ1v) is 12.1. The summed E-state index contributed by atoms with van der Waals surface area (Å²) in [5, 5.41) is 6.15. The zero-order chi connectivity index (χ0) is 23.1. The lowest BCUT2D eigenvalue weighted by Crippen LogP contribution is -2.25. The third kappa shape index (κ3) is 5.95. The van der Waals surface area contributed by atoms with Crippen LogP contribution in [0.25, 0.3) is 0 Å². The molecule has 0 fully saturated rings. The van der Waals surface area contributed by atoms with Crippen molar-refractivity contribution in [3.63, 3.8) is 0 Å². The van der Waals surface area contributed by atoms with Gasteiger partial charge in [-0.2, -0.15) is 0 Å². The van der Waals surface area contributed by atoms with Crippen molar-refractivity contribution >= 4 is 27.3 Å². The molecule has 33 heavy (non-hydrogen) atoms. The minimum Gasteiger partial charge on any atom is -0.486 e. The monoisotopic (exact) mass is 467 g/mol. The molecule has 1 aliphatic rings. The van der Waals surface area contributed by atoms with Crippen molar-refractivity contribution < 1.29 is 22.7 Å².